The highest BCUT2D eigenvalue weighted by atomic mass is 32.2. The lowest BCUT2D eigenvalue weighted by atomic mass is 10.2. The third-order valence-electron chi connectivity index (χ3n) is 3.91. The van der Waals surface area contributed by atoms with E-state index >= 15 is 0 Å². The van der Waals surface area contributed by atoms with Crippen LogP contribution in [0.5, 0.6) is 23.0 Å². The van der Waals surface area contributed by atoms with Crippen molar-refractivity contribution in [1.82, 2.24) is 4.31 Å². The third kappa shape index (κ3) is 4.82. The molecular formula is C18H21F2NO6S. The van der Waals surface area contributed by atoms with Crippen molar-refractivity contribution in [2.45, 2.75) is 18.1 Å². The third-order valence-corrected chi connectivity index (χ3v) is 5.73. The van der Waals surface area contributed by atoms with Crippen molar-refractivity contribution >= 4 is 10.0 Å². The van der Waals surface area contributed by atoms with Gasteiger partial charge in [-0.1, -0.05) is 6.07 Å². The summed E-state index contributed by atoms with van der Waals surface area (Å²) in [6.07, 6.45) is 0. The van der Waals surface area contributed by atoms with Crippen LogP contribution >= 0.6 is 0 Å². The van der Waals surface area contributed by atoms with E-state index in [1.54, 1.807) is 6.07 Å². The SMILES string of the molecule is COc1ccc(OC)c(S(=O)(=O)N(C)Cc2ccc(OC(F)F)c(OC)c2)c1. The Labute approximate surface area is 162 Å². The number of hydrogen-bond acceptors (Lipinski definition) is 6. The van der Waals surface area contributed by atoms with E-state index in [1.165, 1.54) is 58.7 Å². The lowest BCUT2D eigenvalue weighted by molar-refractivity contribution is -0.0512. The Morgan fingerprint density at radius 2 is 1.57 bits per heavy atom. The van der Waals surface area contributed by atoms with E-state index in [9.17, 15) is 17.2 Å². The van der Waals surface area contributed by atoms with Gasteiger partial charge in [-0.25, -0.2) is 8.42 Å². The summed E-state index contributed by atoms with van der Waals surface area (Å²) in [6.45, 7) is -3.03. The van der Waals surface area contributed by atoms with Crippen LogP contribution < -0.4 is 18.9 Å². The summed E-state index contributed by atoms with van der Waals surface area (Å²) in [4.78, 5) is -0.0542. The van der Waals surface area contributed by atoms with E-state index in [-0.39, 0.29) is 28.7 Å². The summed E-state index contributed by atoms with van der Waals surface area (Å²) >= 11 is 0. The molecule has 0 unspecified atom stereocenters. The number of halogens is 2. The Balaban J connectivity index is 2.32. The molecule has 0 heterocycles. The van der Waals surface area contributed by atoms with Crippen molar-refractivity contribution in [2.75, 3.05) is 28.4 Å². The van der Waals surface area contributed by atoms with E-state index in [0.717, 1.165) is 4.31 Å². The molecule has 0 amide bonds. The molecule has 0 aliphatic rings. The molecule has 0 fully saturated rings. The summed E-state index contributed by atoms with van der Waals surface area (Å²) in [6, 6.07) is 8.67. The molecule has 2 aromatic rings. The average molecular weight is 417 g/mol. The number of methoxy groups -OCH3 is 3. The molecular weight excluding hydrogens is 396 g/mol. The molecule has 7 nitrogen and oxygen atoms in total. The van der Waals surface area contributed by atoms with Gasteiger partial charge in [-0.05, 0) is 29.8 Å². The van der Waals surface area contributed by atoms with Gasteiger partial charge in [-0.15, -0.1) is 0 Å². The fourth-order valence-corrected chi connectivity index (χ4v) is 3.82. The minimum absolute atomic E-state index is 0.0337. The lowest BCUT2D eigenvalue weighted by Gasteiger charge is -2.20. The predicted octanol–water partition coefficient (Wildman–Crippen LogP) is 3.13. The van der Waals surface area contributed by atoms with Crippen LogP contribution in [0.2, 0.25) is 0 Å². The van der Waals surface area contributed by atoms with Gasteiger partial charge in [0.2, 0.25) is 10.0 Å². The number of ether oxygens (including phenoxy) is 4. The number of alkyl halides is 2. The monoisotopic (exact) mass is 417 g/mol. The molecule has 0 N–H and O–H groups in total. The first-order chi connectivity index (χ1) is 13.2. The van der Waals surface area contributed by atoms with Crippen molar-refractivity contribution in [3.05, 3.63) is 42.0 Å². The normalized spacial score (nSPS) is 11.6. The Bertz CT molecular complexity index is 920. The largest absolute Gasteiger partial charge is 0.497 e. The maximum Gasteiger partial charge on any atom is 0.387 e. The van der Waals surface area contributed by atoms with Crippen molar-refractivity contribution < 1.29 is 36.1 Å². The van der Waals surface area contributed by atoms with Gasteiger partial charge in [0, 0.05) is 19.7 Å². The van der Waals surface area contributed by atoms with Gasteiger partial charge in [0.15, 0.2) is 11.5 Å². The average Bonchev–Trinajstić information content (AvgIpc) is 2.67. The van der Waals surface area contributed by atoms with Gasteiger partial charge in [0.1, 0.15) is 16.4 Å². The first-order valence-corrected chi connectivity index (χ1v) is 9.47. The molecule has 0 saturated heterocycles. The first kappa shape index (κ1) is 21.7. The van der Waals surface area contributed by atoms with Gasteiger partial charge < -0.3 is 18.9 Å². The minimum Gasteiger partial charge on any atom is -0.497 e. The molecule has 0 aromatic heterocycles. The number of nitrogens with zero attached hydrogens (tertiary/aromatic N) is 1. The van der Waals surface area contributed by atoms with E-state index in [2.05, 4.69) is 4.74 Å². The molecule has 0 aliphatic heterocycles. The van der Waals surface area contributed by atoms with Gasteiger partial charge in [0.05, 0.1) is 21.3 Å². The van der Waals surface area contributed by atoms with E-state index in [0.29, 0.717) is 11.3 Å². The van der Waals surface area contributed by atoms with Gasteiger partial charge in [-0.2, -0.15) is 13.1 Å². The molecule has 0 spiro atoms. The van der Waals surface area contributed by atoms with Crippen molar-refractivity contribution in [1.29, 1.82) is 0 Å². The molecule has 0 radical (unpaired) electrons. The summed E-state index contributed by atoms with van der Waals surface area (Å²) in [5, 5.41) is 0. The Morgan fingerprint density at radius 3 is 2.14 bits per heavy atom. The van der Waals surface area contributed by atoms with Crippen LogP contribution in [0.15, 0.2) is 41.3 Å². The fraction of sp³-hybridized carbons (Fsp3) is 0.333. The summed E-state index contributed by atoms with van der Waals surface area (Å²) in [5.41, 5.74) is 0.520. The zero-order chi connectivity index (χ0) is 20.9. The Hall–Kier alpha value is -2.59. The van der Waals surface area contributed by atoms with Crippen molar-refractivity contribution in [3.63, 3.8) is 0 Å². The number of hydrogen-bond donors (Lipinski definition) is 0. The standard InChI is InChI=1S/C18H21F2NO6S/c1-21(11-12-5-7-14(27-18(19)20)16(9-12)26-4)28(22,23)17-10-13(24-2)6-8-15(17)25-3/h5-10,18H,11H2,1-4H3. The lowest BCUT2D eigenvalue weighted by Crippen LogP contribution is -2.27. The molecule has 0 saturated carbocycles. The van der Waals surface area contributed by atoms with Crippen molar-refractivity contribution in [2.24, 2.45) is 0 Å². The van der Waals surface area contributed by atoms with Crippen LogP contribution in [0, 0.1) is 0 Å². The van der Waals surface area contributed by atoms with E-state index < -0.39 is 16.6 Å². The number of sulfonamides is 1. The first-order valence-electron chi connectivity index (χ1n) is 8.03. The molecule has 10 heteroatoms. The summed E-state index contributed by atoms with van der Waals surface area (Å²) < 4.78 is 71.6. The van der Waals surface area contributed by atoms with Crippen LogP contribution in [0.4, 0.5) is 8.78 Å². The predicted molar refractivity (Wildman–Crippen MR) is 97.8 cm³/mol. The molecule has 28 heavy (non-hydrogen) atoms. The highest BCUT2D eigenvalue weighted by Gasteiger charge is 2.26. The second kappa shape index (κ2) is 9.07. The zero-order valence-corrected chi connectivity index (χ0v) is 16.6. The minimum atomic E-state index is -3.92. The van der Waals surface area contributed by atoms with Gasteiger partial charge in [0.25, 0.3) is 0 Å². The Morgan fingerprint density at radius 1 is 0.929 bits per heavy atom. The molecule has 2 rings (SSSR count). The Kier molecular flexibility index (Phi) is 7.03. The maximum absolute atomic E-state index is 13.0. The quantitative estimate of drug-likeness (QED) is 0.624. The number of benzene rings is 2. The molecule has 154 valence electrons. The summed E-state index contributed by atoms with van der Waals surface area (Å²) in [5.74, 6) is 0.470. The van der Waals surface area contributed by atoms with Crippen LogP contribution in [0.1, 0.15) is 5.56 Å². The fourth-order valence-electron chi connectivity index (χ4n) is 2.50. The molecule has 0 aliphatic carbocycles. The zero-order valence-electron chi connectivity index (χ0n) is 15.8. The van der Waals surface area contributed by atoms with Gasteiger partial charge in [-0.3, -0.25) is 0 Å². The highest BCUT2D eigenvalue weighted by Crippen LogP contribution is 2.33. The van der Waals surface area contributed by atoms with E-state index in [1.807, 2.05) is 0 Å². The molecule has 2 aromatic carbocycles. The van der Waals surface area contributed by atoms with E-state index in [4.69, 9.17) is 14.2 Å². The van der Waals surface area contributed by atoms with Crippen LogP contribution in [-0.2, 0) is 16.6 Å². The second-order valence-corrected chi connectivity index (χ2v) is 7.65. The van der Waals surface area contributed by atoms with Crippen molar-refractivity contribution in [3.8, 4) is 23.0 Å². The maximum atomic E-state index is 13.0. The van der Waals surface area contributed by atoms with Crippen LogP contribution in [0.25, 0.3) is 0 Å². The highest BCUT2D eigenvalue weighted by molar-refractivity contribution is 7.89. The van der Waals surface area contributed by atoms with Gasteiger partial charge >= 0.3 is 6.61 Å². The second-order valence-electron chi connectivity index (χ2n) is 5.64. The molecule has 0 bridgehead atoms. The number of rotatable bonds is 9. The van der Waals surface area contributed by atoms with Crippen LogP contribution in [0.3, 0.4) is 0 Å². The smallest absolute Gasteiger partial charge is 0.387 e. The van der Waals surface area contributed by atoms with Crippen LogP contribution in [-0.4, -0.2) is 47.7 Å². The summed E-state index contributed by atoms with van der Waals surface area (Å²) in [7, 11) is 1.57. The molecule has 0 atom stereocenters. The topological polar surface area (TPSA) is 74.3 Å².